The van der Waals surface area contributed by atoms with Crippen molar-refractivity contribution >= 4 is 33.0 Å². The van der Waals surface area contributed by atoms with Crippen LogP contribution in [-0.4, -0.2) is 20.1 Å². The summed E-state index contributed by atoms with van der Waals surface area (Å²) in [7, 11) is -3.68. The lowest BCUT2D eigenvalue weighted by molar-refractivity contribution is 0.182. The zero-order valence-electron chi connectivity index (χ0n) is 10.7. The predicted octanol–water partition coefficient (Wildman–Crippen LogP) is 2.72. The lowest BCUT2D eigenvalue weighted by Crippen LogP contribution is -2.28. The highest BCUT2D eigenvalue weighted by Gasteiger charge is 2.17. The second kappa shape index (κ2) is 6.24. The van der Waals surface area contributed by atoms with E-state index in [1.54, 1.807) is 24.4 Å². The van der Waals surface area contributed by atoms with Crippen LogP contribution in [0.25, 0.3) is 0 Å². The molecule has 0 fully saturated rings. The van der Waals surface area contributed by atoms with E-state index in [4.69, 9.17) is 11.6 Å². The number of hydrogen-bond donors (Lipinski definition) is 2. The van der Waals surface area contributed by atoms with Crippen LogP contribution in [0.15, 0.2) is 39.9 Å². The van der Waals surface area contributed by atoms with Crippen molar-refractivity contribution in [2.24, 2.45) is 0 Å². The highest BCUT2D eigenvalue weighted by Crippen LogP contribution is 2.21. The molecule has 1 unspecified atom stereocenters. The van der Waals surface area contributed by atoms with Crippen molar-refractivity contribution in [3.63, 3.8) is 0 Å². The van der Waals surface area contributed by atoms with Gasteiger partial charge in [0.2, 0.25) is 10.0 Å². The second-order valence-electron chi connectivity index (χ2n) is 4.34. The van der Waals surface area contributed by atoms with Gasteiger partial charge in [-0.15, -0.1) is 0 Å². The average molecular weight is 332 g/mol. The molecule has 2 N–H and O–H groups in total. The molecule has 0 radical (unpaired) electrons. The molecule has 0 bridgehead atoms. The van der Waals surface area contributed by atoms with E-state index in [1.807, 2.05) is 5.38 Å². The molecule has 0 aliphatic rings. The van der Waals surface area contributed by atoms with Crippen molar-refractivity contribution in [2.75, 3.05) is 6.54 Å². The van der Waals surface area contributed by atoms with Crippen LogP contribution in [0.1, 0.15) is 17.2 Å². The summed E-state index contributed by atoms with van der Waals surface area (Å²) in [6, 6.07) is 6.29. The fraction of sp³-hybridized carbons (Fsp3) is 0.231. The Morgan fingerprint density at radius 2 is 2.15 bits per heavy atom. The van der Waals surface area contributed by atoms with Gasteiger partial charge in [0.1, 0.15) is 0 Å². The van der Waals surface area contributed by atoms with Crippen molar-refractivity contribution in [1.82, 2.24) is 4.72 Å². The van der Waals surface area contributed by atoms with Crippen LogP contribution in [0.5, 0.6) is 0 Å². The Morgan fingerprint density at radius 3 is 2.75 bits per heavy atom. The van der Waals surface area contributed by atoms with Gasteiger partial charge in [-0.05, 0) is 47.0 Å². The molecule has 2 aromatic rings. The molecule has 1 heterocycles. The number of halogens is 1. The number of aryl methyl sites for hydroxylation is 1. The molecule has 0 saturated heterocycles. The number of aliphatic hydroxyl groups excluding tert-OH is 1. The van der Waals surface area contributed by atoms with Gasteiger partial charge in [0, 0.05) is 11.6 Å². The fourth-order valence-corrected chi connectivity index (χ4v) is 3.61. The predicted molar refractivity (Wildman–Crippen MR) is 80.7 cm³/mol. The first-order chi connectivity index (χ1) is 9.40. The number of hydrogen-bond acceptors (Lipinski definition) is 4. The molecule has 0 amide bonds. The van der Waals surface area contributed by atoms with E-state index in [0.717, 1.165) is 5.56 Å². The Labute approximate surface area is 127 Å². The molecule has 0 spiro atoms. The largest absolute Gasteiger partial charge is 0.387 e. The van der Waals surface area contributed by atoms with Gasteiger partial charge in [0.15, 0.2) is 0 Å². The third-order valence-electron chi connectivity index (χ3n) is 2.85. The van der Waals surface area contributed by atoms with Gasteiger partial charge in [0.05, 0.1) is 11.0 Å². The molecule has 0 aliphatic heterocycles. The van der Waals surface area contributed by atoms with Gasteiger partial charge in [0.25, 0.3) is 0 Å². The Kier molecular flexibility index (Phi) is 4.82. The zero-order chi connectivity index (χ0) is 14.8. The minimum absolute atomic E-state index is 0.0788. The average Bonchev–Trinajstić information content (AvgIpc) is 2.93. The number of sulfonamides is 1. The summed E-state index contributed by atoms with van der Waals surface area (Å²) in [5.74, 6) is 0. The maximum atomic E-state index is 12.1. The van der Waals surface area contributed by atoms with Gasteiger partial charge in [-0.2, -0.15) is 11.3 Å². The summed E-state index contributed by atoms with van der Waals surface area (Å²) in [5, 5.41) is 13.9. The van der Waals surface area contributed by atoms with E-state index in [2.05, 4.69) is 4.72 Å². The molecule has 1 atom stereocenters. The van der Waals surface area contributed by atoms with Crippen molar-refractivity contribution in [3.8, 4) is 0 Å². The smallest absolute Gasteiger partial charge is 0.240 e. The van der Waals surface area contributed by atoms with Gasteiger partial charge in [-0.1, -0.05) is 17.7 Å². The summed E-state index contributed by atoms with van der Waals surface area (Å²) in [6.07, 6.45) is -0.864. The summed E-state index contributed by atoms with van der Waals surface area (Å²) in [6.45, 7) is 1.72. The van der Waals surface area contributed by atoms with Crippen molar-refractivity contribution in [3.05, 3.63) is 51.2 Å². The monoisotopic (exact) mass is 331 g/mol. The number of nitrogens with one attached hydrogen (secondary N) is 1. The summed E-state index contributed by atoms with van der Waals surface area (Å²) < 4.78 is 26.6. The number of thiophene rings is 1. The third-order valence-corrected chi connectivity index (χ3v) is 5.38. The highest BCUT2D eigenvalue weighted by molar-refractivity contribution is 7.89. The molecule has 20 heavy (non-hydrogen) atoms. The lowest BCUT2D eigenvalue weighted by atomic mass is 10.2. The Balaban J connectivity index is 2.09. The molecule has 0 aliphatic carbocycles. The van der Waals surface area contributed by atoms with Crippen LogP contribution >= 0.6 is 22.9 Å². The first-order valence-corrected chi connectivity index (χ1v) is 8.66. The van der Waals surface area contributed by atoms with E-state index in [0.29, 0.717) is 10.6 Å². The third kappa shape index (κ3) is 3.59. The van der Waals surface area contributed by atoms with Gasteiger partial charge < -0.3 is 5.11 Å². The van der Waals surface area contributed by atoms with Crippen LogP contribution in [0.4, 0.5) is 0 Å². The van der Waals surface area contributed by atoms with Gasteiger partial charge in [-0.3, -0.25) is 0 Å². The van der Waals surface area contributed by atoms with E-state index < -0.39 is 16.1 Å². The summed E-state index contributed by atoms with van der Waals surface area (Å²) >= 11 is 7.37. The Hall–Kier alpha value is -0.920. The number of aliphatic hydroxyl groups is 1. The van der Waals surface area contributed by atoms with Gasteiger partial charge in [-0.25, -0.2) is 13.1 Å². The highest BCUT2D eigenvalue weighted by atomic mass is 35.5. The molecule has 108 valence electrons. The molecular weight excluding hydrogens is 318 g/mol. The number of rotatable bonds is 5. The zero-order valence-corrected chi connectivity index (χ0v) is 13.1. The molecular formula is C13H14ClNO3S2. The van der Waals surface area contributed by atoms with Gasteiger partial charge >= 0.3 is 0 Å². The molecule has 1 aromatic carbocycles. The quantitative estimate of drug-likeness (QED) is 0.885. The lowest BCUT2D eigenvalue weighted by Gasteiger charge is -2.11. The molecule has 4 nitrogen and oxygen atoms in total. The van der Waals surface area contributed by atoms with E-state index in [9.17, 15) is 13.5 Å². The molecule has 2 rings (SSSR count). The Morgan fingerprint density at radius 1 is 1.40 bits per heavy atom. The topological polar surface area (TPSA) is 66.4 Å². The fourth-order valence-electron chi connectivity index (χ4n) is 1.60. The first-order valence-electron chi connectivity index (χ1n) is 5.86. The second-order valence-corrected chi connectivity index (χ2v) is 7.29. The van der Waals surface area contributed by atoms with Crippen molar-refractivity contribution in [1.29, 1.82) is 0 Å². The van der Waals surface area contributed by atoms with Crippen LogP contribution in [0.2, 0.25) is 5.02 Å². The maximum Gasteiger partial charge on any atom is 0.240 e. The van der Waals surface area contributed by atoms with E-state index in [-0.39, 0.29) is 11.4 Å². The minimum Gasteiger partial charge on any atom is -0.387 e. The first kappa shape index (κ1) is 15.5. The molecule has 1 aromatic heterocycles. The van der Waals surface area contributed by atoms with Crippen molar-refractivity contribution in [2.45, 2.75) is 17.9 Å². The molecule has 0 saturated carbocycles. The van der Waals surface area contributed by atoms with Crippen molar-refractivity contribution < 1.29 is 13.5 Å². The van der Waals surface area contributed by atoms with Crippen LogP contribution in [0, 0.1) is 6.92 Å². The SMILES string of the molecule is Cc1ccc(S(=O)(=O)NCC(O)c2ccsc2)cc1Cl. The standard InChI is InChI=1S/C13H14ClNO3S2/c1-9-2-3-11(6-12(9)14)20(17,18)15-7-13(16)10-4-5-19-8-10/h2-6,8,13,15-16H,7H2,1H3. The molecule has 7 heteroatoms. The minimum atomic E-state index is -3.68. The van der Waals surface area contributed by atoms with E-state index in [1.165, 1.54) is 23.5 Å². The number of benzene rings is 1. The van der Waals surface area contributed by atoms with Crippen LogP contribution in [0.3, 0.4) is 0 Å². The summed E-state index contributed by atoms with van der Waals surface area (Å²) in [5.41, 5.74) is 1.50. The van der Waals surface area contributed by atoms with Crippen LogP contribution in [-0.2, 0) is 10.0 Å². The summed E-state index contributed by atoms with van der Waals surface area (Å²) in [4.78, 5) is 0.0885. The van der Waals surface area contributed by atoms with E-state index >= 15 is 0 Å². The Bertz CT molecular complexity index is 684. The maximum absolute atomic E-state index is 12.1. The normalized spacial score (nSPS) is 13.3. The van der Waals surface area contributed by atoms with Crippen LogP contribution < -0.4 is 4.72 Å².